The number of amides is 1. The molecule has 2 aromatic rings. The molecule has 0 aliphatic carbocycles. The van der Waals surface area contributed by atoms with Crippen LogP contribution >= 0.6 is 0 Å². The Balaban J connectivity index is 1.96. The zero-order chi connectivity index (χ0) is 14.4. The highest BCUT2D eigenvalue weighted by Crippen LogP contribution is 2.13. The van der Waals surface area contributed by atoms with Crippen molar-refractivity contribution in [2.75, 3.05) is 18.4 Å². The Morgan fingerprint density at radius 2 is 1.85 bits per heavy atom. The molecule has 0 aliphatic heterocycles. The highest BCUT2D eigenvalue weighted by atomic mass is 16.3. The van der Waals surface area contributed by atoms with E-state index in [9.17, 15) is 4.79 Å². The number of furan rings is 1. The van der Waals surface area contributed by atoms with Gasteiger partial charge in [0, 0.05) is 12.2 Å². The smallest absolute Gasteiger partial charge is 0.291 e. The van der Waals surface area contributed by atoms with Gasteiger partial charge in [0.1, 0.15) is 0 Å². The number of anilines is 1. The van der Waals surface area contributed by atoms with Crippen LogP contribution < -0.4 is 5.32 Å². The number of carbonyl (C=O) groups is 1. The fourth-order valence-electron chi connectivity index (χ4n) is 2.00. The molecule has 4 nitrogen and oxygen atoms in total. The third-order valence-corrected chi connectivity index (χ3v) is 3.26. The maximum Gasteiger partial charge on any atom is 0.291 e. The number of rotatable bonds is 6. The maximum absolute atomic E-state index is 11.8. The zero-order valence-corrected chi connectivity index (χ0v) is 11.9. The summed E-state index contributed by atoms with van der Waals surface area (Å²) in [6, 6.07) is 11.2. The summed E-state index contributed by atoms with van der Waals surface area (Å²) in [6.45, 7) is 7.31. The van der Waals surface area contributed by atoms with Gasteiger partial charge in [-0.25, -0.2) is 0 Å². The SMILES string of the molecule is CCN(CC)Cc1ccc(NC(=O)c2ccco2)cc1. The van der Waals surface area contributed by atoms with E-state index < -0.39 is 0 Å². The number of benzene rings is 1. The van der Waals surface area contributed by atoms with E-state index in [1.165, 1.54) is 11.8 Å². The molecule has 0 saturated carbocycles. The first-order chi connectivity index (χ1) is 9.72. The Morgan fingerprint density at radius 1 is 1.15 bits per heavy atom. The molecule has 0 fully saturated rings. The average molecular weight is 272 g/mol. The highest BCUT2D eigenvalue weighted by Gasteiger charge is 2.08. The largest absolute Gasteiger partial charge is 0.459 e. The molecule has 0 atom stereocenters. The van der Waals surface area contributed by atoms with Gasteiger partial charge in [0.25, 0.3) is 5.91 Å². The fourth-order valence-corrected chi connectivity index (χ4v) is 2.00. The topological polar surface area (TPSA) is 45.5 Å². The second kappa shape index (κ2) is 6.91. The highest BCUT2D eigenvalue weighted by molar-refractivity contribution is 6.02. The molecular weight excluding hydrogens is 252 g/mol. The van der Waals surface area contributed by atoms with Crippen molar-refractivity contribution >= 4 is 11.6 Å². The number of hydrogen-bond acceptors (Lipinski definition) is 3. The molecular formula is C16H20N2O2. The molecule has 0 radical (unpaired) electrons. The van der Waals surface area contributed by atoms with E-state index in [1.807, 2.05) is 24.3 Å². The number of nitrogens with zero attached hydrogens (tertiary/aromatic N) is 1. The van der Waals surface area contributed by atoms with Crippen LogP contribution in [0.15, 0.2) is 47.1 Å². The number of carbonyl (C=O) groups excluding carboxylic acids is 1. The quantitative estimate of drug-likeness (QED) is 0.877. The van der Waals surface area contributed by atoms with Gasteiger partial charge in [-0.15, -0.1) is 0 Å². The lowest BCUT2D eigenvalue weighted by Crippen LogP contribution is -2.22. The van der Waals surface area contributed by atoms with E-state index in [0.29, 0.717) is 5.76 Å². The lowest BCUT2D eigenvalue weighted by atomic mass is 10.2. The van der Waals surface area contributed by atoms with Crippen molar-refractivity contribution in [2.24, 2.45) is 0 Å². The minimum Gasteiger partial charge on any atom is -0.459 e. The standard InChI is InChI=1S/C16H20N2O2/c1-3-18(4-2)12-13-7-9-14(10-8-13)17-16(19)15-6-5-11-20-15/h5-11H,3-4,12H2,1-2H3,(H,17,19). The van der Waals surface area contributed by atoms with Crippen molar-refractivity contribution in [2.45, 2.75) is 20.4 Å². The van der Waals surface area contributed by atoms with E-state index in [0.717, 1.165) is 25.3 Å². The Morgan fingerprint density at radius 3 is 2.40 bits per heavy atom. The molecule has 106 valence electrons. The molecule has 1 N–H and O–H groups in total. The van der Waals surface area contributed by atoms with Crippen LogP contribution in [-0.2, 0) is 6.54 Å². The van der Waals surface area contributed by atoms with Crippen molar-refractivity contribution < 1.29 is 9.21 Å². The van der Waals surface area contributed by atoms with Gasteiger partial charge < -0.3 is 9.73 Å². The van der Waals surface area contributed by atoms with Crippen LogP contribution in [0.25, 0.3) is 0 Å². The average Bonchev–Trinajstić information content (AvgIpc) is 3.01. The third-order valence-electron chi connectivity index (χ3n) is 3.26. The van der Waals surface area contributed by atoms with Gasteiger partial charge >= 0.3 is 0 Å². The molecule has 4 heteroatoms. The third kappa shape index (κ3) is 3.71. The Labute approximate surface area is 119 Å². The second-order valence-corrected chi connectivity index (χ2v) is 4.59. The van der Waals surface area contributed by atoms with Crippen LogP contribution in [0.2, 0.25) is 0 Å². The van der Waals surface area contributed by atoms with Crippen molar-refractivity contribution in [1.29, 1.82) is 0 Å². The van der Waals surface area contributed by atoms with Crippen molar-refractivity contribution in [3.8, 4) is 0 Å². The maximum atomic E-state index is 11.8. The molecule has 0 saturated heterocycles. The summed E-state index contributed by atoms with van der Waals surface area (Å²) in [5.41, 5.74) is 2.01. The van der Waals surface area contributed by atoms with Gasteiger partial charge in [-0.3, -0.25) is 9.69 Å². The number of hydrogen-bond donors (Lipinski definition) is 1. The Hall–Kier alpha value is -2.07. The van der Waals surface area contributed by atoms with Crippen LogP contribution in [0, 0.1) is 0 Å². The van der Waals surface area contributed by atoms with Crippen LogP contribution in [0.1, 0.15) is 30.0 Å². The summed E-state index contributed by atoms with van der Waals surface area (Å²) in [7, 11) is 0. The van der Waals surface area contributed by atoms with Gasteiger partial charge in [0.2, 0.25) is 0 Å². The van der Waals surface area contributed by atoms with Gasteiger partial charge in [-0.2, -0.15) is 0 Å². The lowest BCUT2D eigenvalue weighted by Gasteiger charge is -2.18. The molecule has 0 spiro atoms. The molecule has 0 unspecified atom stereocenters. The predicted molar refractivity (Wildman–Crippen MR) is 79.7 cm³/mol. The second-order valence-electron chi connectivity index (χ2n) is 4.59. The van der Waals surface area contributed by atoms with Crippen LogP contribution in [-0.4, -0.2) is 23.9 Å². The molecule has 0 bridgehead atoms. The summed E-state index contributed by atoms with van der Waals surface area (Å²) in [5.74, 6) is 0.0868. The van der Waals surface area contributed by atoms with Crippen molar-refractivity contribution in [1.82, 2.24) is 4.90 Å². The summed E-state index contributed by atoms with van der Waals surface area (Å²) < 4.78 is 5.05. The van der Waals surface area contributed by atoms with Crippen molar-refractivity contribution in [3.05, 3.63) is 54.0 Å². The molecule has 1 heterocycles. The molecule has 1 aromatic carbocycles. The van der Waals surface area contributed by atoms with E-state index in [4.69, 9.17) is 4.42 Å². The summed E-state index contributed by atoms with van der Waals surface area (Å²) >= 11 is 0. The normalized spacial score (nSPS) is 10.8. The first-order valence-corrected chi connectivity index (χ1v) is 6.89. The predicted octanol–water partition coefficient (Wildman–Crippen LogP) is 3.37. The molecule has 0 aliphatic rings. The van der Waals surface area contributed by atoms with Crippen LogP contribution in [0.4, 0.5) is 5.69 Å². The van der Waals surface area contributed by atoms with E-state index in [-0.39, 0.29) is 5.91 Å². The monoisotopic (exact) mass is 272 g/mol. The van der Waals surface area contributed by atoms with E-state index >= 15 is 0 Å². The van der Waals surface area contributed by atoms with Gasteiger partial charge in [0.15, 0.2) is 5.76 Å². The van der Waals surface area contributed by atoms with Gasteiger partial charge in [-0.1, -0.05) is 26.0 Å². The van der Waals surface area contributed by atoms with Crippen molar-refractivity contribution in [3.63, 3.8) is 0 Å². The molecule has 20 heavy (non-hydrogen) atoms. The molecule has 1 amide bonds. The van der Waals surface area contributed by atoms with E-state index in [2.05, 4.69) is 24.1 Å². The van der Waals surface area contributed by atoms with Gasteiger partial charge in [-0.05, 0) is 42.9 Å². The van der Waals surface area contributed by atoms with Gasteiger partial charge in [0.05, 0.1) is 6.26 Å². The Bertz CT molecular complexity index is 528. The molecule has 2 rings (SSSR count). The summed E-state index contributed by atoms with van der Waals surface area (Å²) in [6.07, 6.45) is 1.49. The minimum atomic E-state index is -0.230. The zero-order valence-electron chi connectivity index (χ0n) is 11.9. The van der Waals surface area contributed by atoms with E-state index in [1.54, 1.807) is 12.1 Å². The minimum absolute atomic E-state index is 0.230. The first-order valence-electron chi connectivity index (χ1n) is 6.89. The van der Waals surface area contributed by atoms with Crippen LogP contribution in [0.5, 0.6) is 0 Å². The molecule has 1 aromatic heterocycles. The fraction of sp³-hybridized carbons (Fsp3) is 0.312. The number of nitrogens with one attached hydrogen (secondary N) is 1. The Kier molecular flexibility index (Phi) is 4.96. The summed E-state index contributed by atoms with van der Waals surface area (Å²) in [4.78, 5) is 14.2. The lowest BCUT2D eigenvalue weighted by molar-refractivity contribution is 0.0996. The summed E-state index contributed by atoms with van der Waals surface area (Å²) in [5, 5.41) is 2.81. The van der Waals surface area contributed by atoms with Crippen LogP contribution in [0.3, 0.4) is 0 Å². The first kappa shape index (κ1) is 14.3.